The summed E-state index contributed by atoms with van der Waals surface area (Å²) in [5.41, 5.74) is 2.22. The summed E-state index contributed by atoms with van der Waals surface area (Å²) in [5.74, 6) is 0.501. The molecule has 0 aliphatic carbocycles. The standard InChI is InChI=1S/C17H20ClN3O2/c1-12-15(11-21-7-2-3-8-21)16(20-23-12)17(22)19-10-13-5-4-6-14(18)9-13/h4-6,9H,2-3,7-8,10-11H2,1H3,(H,19,22). The molecule has 1 aliphatic heterocycles. The molecular formula is C17H20ClN3O2. The third-order valence-corrected chi connectivity index (χ3v) is 4.36. The Morgan fingerprint density at radius 3 is 2.91 bits per heavy atom. The van der Waals surface area contributed by atoms with Gasteiger partial charge in [-0.1, -0.05) is 28.9 Å². The molecule has 3 rings (SSSR count). The van der Waals surface area contributed by atoms with E-state index in [4.69, 9.17) is 16.1 Å². The summed E-state index contributed by atoms with van der Waals surface area (Å²) < 4.78 is 5.24. The fourth-order valence-corrected chi connectivity index (χ4v) is 3.05. The van der Waals surface area contributed by atoms with Crippen LogP contribution in [0.25, 0.3) is 0 Å². The van der Waals surface area contributed by atoms with Gasteiger partial charge in [0.25, 0.3) is 5.91 Å². The molecule has 0 spiro atoms. The largest absolute Gasteiger partial charge is 0.361 e. The third-order valence-electron chi connectivity index (χ3n) is 4.12. The Balaban J connectivity index is 1.67. The van der Waals surface area contributed by atoms with Gasteiger partial charge in [-0.3, -0.25) is 9.69 Å². The lowest BCUT2D eigenvalue weighted by atomic mass is 10.1. The topological polar surface area (TPSA) is 58.4 Å². The van der Waals surface area contributed by atoms with Crippen molar-refractivity contribution in [1.82, 2.24) is 15.4 Å². The van der Waals surface area contributed by atoms with E-state index >= 15 is 0 Å². The number of carbonyl (C=O) groups excluding carboxylic acids is 1. The zero-order chi connectivity index (χ0) is 16.2. The third kappa shape index (κ3) is 3.92. The molecular weight excluding hydrogens is 314 g/mol. The Kier molecular flexibility index (Phi) is 4.98. The van der Waals surface area contributed by atoms with Crippen LogP contribution in [0.5, 0.6) is 0 Å². The van der Waals surface area contributed by atoms with Gasteiger partial charge in [0.05, 0.1) is 0 Å². The van der Waals surface area contributed by atoms with Crippen molar-refractivity contribution < 1.29 is 9.32 Å². The molecule has 1 aromatic carbocycles. The number of nitrogens with one attached hydrogen (secondary N) is 1. The molecule has 5 nitrogen and oxygen atoms in total. The van der Waals surface area contributed by atoms with Crippen LogP contribution >= 0.6 is 11.6 Å². The Morgan fingerprint density at radius 2 is 2.17 bits per heavy atom. The van der Waals surface area contributed by atoms with Crippen LogP contribution in [0.4, 0.5) is 0 Å². The highest BCUT2D eigenvalue weighted by molar-refractivity contribution is 6.30. The molecule has 122 valence electrons. The number of likely N-dealkylation sites (tertiary alicyclic amines) is 1. The average molecular weight is 334 g/mol. The van der Waals surface area contributed by atoms with Crippen molar-refractivity contribution in [3.8, 4) is 0 Å². The molecule has 1 aromatic heterocycles. The number of aromatic nitrogens is 1. The van der Waals surface area contributed by atoms with E-state index in [2.05, 4.69) is 15.4 Å². The van der Waals surface area contributed by atoms with Gasteiger partial charge in [-0.25, -0.2) is 0 Å². The van der Waals surface area contributed by atoms with Crippen molar-refractivity contribution >= 4 is 17.5 Å². The monoisotopic (exact) mass is 333 g/mol. The SMILES string of the molecule is Cc1onc(C(=O)NCc2cccc(Cl)c2)c1CN1CCCC1. The summed E-state index contributed by atoms with van der Waals surface area (Å²) in [4.78, 5) is 14.8. The van der Waals surface area contributed by atoms with Crippen LogP contribution in [0.1, 0.15) is 40.2 Å². The molecule has 0 bridgehead atoms. The van der Waals surface area contributed by atoms with Gasteiger partial charge in [-0.2, -0.15) is 0 Å². The minimum Gasteiger partial charge on any atom is -0.361 e. The molecule has 1 fully saturated rings. The van der Waals surface area contributed by atoms with E-state index in [0.29, 0.717) is 23.0 Å². The molecule has 6 heteroatoms. The van der Waals surface area contributed by atoms with Crippen LogP contribution in [0.2, 0.25) is 5.02 Å². The molecule has 1 amide bonds. The summed E-state index contributed by atoms with van der Waals surface area (Å²) in [6.45, 7) is 5.11. The number of benzene rings is 1. The molecule has 23 heavy (non-hydrogen) atoms. The molecule has 2 aromatic rings. The summed E-state index contributed by atoms with van der Waals surface area (Å²) in [6.07, 6.45) is 2.42. The molecule has 1 aliphatic rings. The van der Waals surface area contributed by atoms with E-state index in [-0.39, 0.29) is 5.91 Å². The molecule has 0 radical (unpaired) electrons. The maximum atomic E-state index is 12.4. The molecule has 0 saturated carbocycles. The summed E-state index contributed by atoms with van der Waals surface area (Å²) in [7, 11) is 0. The first kappa shape index (κ1) is 16.0. The smallest absolute Gasteiger partial charge is 0.274 e. The van der Waals surface area contributed by atoms with Gasteiger partial charge in [0.2, 0.25) is 0 Å². The molecule has 0 atom stereocenters. The highest BCUT2D eigenvalue weighted by Crippen LogP contribution is 2.19. The number of nitrogens with zero attached hydrogens (tertiary/aromatic N) is 2. The number of carbonyl (C=O) groups is 1. The van der Waals surface area contributed by atoms with E-state index in [9.17, 15) is 4.79 Å². The number of aryl methyl sites for hydroxylation is 1. The molecule has 1 N–H and O–H groups in total. The average Bonchev–Trinajstić information content (AvgIpc) is 3.16. The number of hydrogen-bond acceptors (Lipinski definition) is 4. The van der Waals surface area contributed by atoms with Crippen molar-refractivity contribution in [3.05, 3.63) is 51.9 Å². The fourth-order valence-electron chi connectivity index (χ4n) is 2.83. The molecule has 0 unspecified atom stereocenters. The lowest BCUT2D eigenvalue weighted by molar-refractivity contribution is 0.0940. The number of halogens is 1. The predicted molar refractivity (Wildman–Crippen MR) is 88.4 cm³/mol. The van der Waals surface area contributed by atoms with Crippen LogP contribution in [0, 0.1) is 6.92 Å². The van der Waals surface area contributed by atoms with Crippen molar-refractivity contribution in [3.63, 3.8) is 0 Å². The van der Waals surface area contributed by atoms with Crippen molar-refractivity contribution in [2.75, 3.05) is 13.1 Å². The van der Waals surface area contributed by atoms with Crippen molar-refractivity contribution in [2.24, 2.45) is 0 Å². The van der Waals surface area contributed by atoms with Gasteiger partial charge in [-0.05, 0) is 50.6 Å². The molecule has 1 saturated heterocycles. The van der Waals surface area contributed by atoms with Gasteiger partial charge in [0, 0.05) is 23.7 Å². The quantitative estimate of drug-likeness (QED) is 0.913. The second-order valence-corrected chi connectivity index (χ2v) is 6.30. The normalized spacial score (nSPS) is 15.0. The van der Waals surface area contributed by atoms with E-state index in [1.807, 2.05) is 31.2 Å². The van der Waals surface area contributed by atoms with E-state index < -0.39 is 0 Å². The van der Waals surface area contributed by atoms with Gasteiger partial charge in [0.15, 0.2) is 5.69 Å². The highest BCUT2D eigenvalue weighted by Gasteiger charge is 2.23. The van der Waals surface area contributed by atoms with Gasteiger partial charge in [0.1, 0.15) is 5.76 Å². The first-order chi connectivity index (χ1) is 11.1. The lowest BCUT2D eigenvalue weighted by Gasteiger charge is -2.14. The predicted octanol–water partition coefficient (Wildman–Crippen LogP) is 3.16. The zero-order valence-corrected chi connectivity index (χ0v) is 13.9. The van der Waals surface area contributed by atoms with Crippen LogP contribution in [0.3, 0.4) is 0 Å². The molecule has 2 heterocycles. The maximum absolute atomic E-state index is 12.4. The summed E-state index contributed by atoms with van der Waals surface area (Å²) >= 11 is 5.96. The van der Waals surface area contributed by atoms with E-state index in [1.54, 1.807) is 0 Å². The Labute approximate surface area is 140 Å². The minimum atomic E-state index is -0.212. The minimum absolute atomic E-state index is 0.212. The second-order valence-electron chi connectivity index (χ2n) is 5.86. The Hall–Kier alpha value is -1.85. The number of hydrogen-bond donors (Lipinski definition) is 1. The Bertz CT molecular complexity index is 693. The van der Waals surface area contributed by atoms with Gasteiger partial charge >= 0.3 is 0 Å². The van der Waals surface area contributed by atoms with Crippen LogP contribution in [-0.4, -0.2) is 29.1 Å². The van der Waals surface area contributed by atoms with Crippen molar-refractivity contribution in [2.45, 2.75) is 32.9 Å². The lowest BCUT2D eigenvalue weighted by Crippen LogP contribution is -2.26. The highest BCUT2D eigenvalue weighted by atomic mass is 35.5. The summed E-state index contributed by atoms with van der Waals surface area (Å²) in [5, 5.41) is 7.49. The van der Waals surface area contributed by atoms with E-state index in [0.717, 1.165) is 30.8 Å². The van der Waals surface area contributed by atoms with Crippen LogP contribution < -0.4 is 5.32 Å². The van der Waals surface area contributed by atoms with Gasteiger partial charge in [-0.15, -0.1) is 0 Å². The fraction of sp³-hybridized carbons (Fsp3) is 0.412. The zero-order valence-electron chi connectivity index (χ0n) is 13.1. The van der Waals surface area contributed by atoms with Gasteiger partial charge < -0.3 is 9.84 Å². The first-order valence-corrected chi connectivity index (χ1v) is 8.21. The van der Waals surface area contributed by atoms with Crippen LogP contribution in [-0.2, 0) is 13.1 Å². The van der Waals surface area contributed by atoms with E-state index in [1.165, 1.54) is 12.8 Å². The maximum Gasteiger partial charge on any atom is 0.274 e. The Morgan fingerprint density at radius 1 is 1.39 bits per heavy atom. The number of amides is 1. The summed E-state index contributed by atoms with van der Waals surface area (Å²) in [6, 6.07) is 7.43. The van der Waals surface area contributed by atoms with Crippen molar-refractivity contribution in [1.29, 1.82) is 0 Å². The first-order valence-electron chi connectivity index (χ1n) is 7.83. The second kappa shape index (κ2) is 7.15. The number of rotatable bonds is 5. The van der Waals surface area contributed by atoms with Crippen LogP contribution in [0.15, 0.2) is 28.8 Å².